The molecule has 2 atom stereocenters. The molecule has 0 spiro atoms. The van der Waals surface area contributed by atoms with Gasteiger partial charge < -0.3 is 10.6 Å². The zero-order valence-electron chi connectivity index (χ0n) is 16.8. The Kier molecular flexibility index (Phi) is 5.71. The summed E-state index contributed by atoms with van der Waals surface area (Å²) in [7, 11) is 0. The van der Waals surface area contributed by atoms with E-state index in [0.717, 1.165) is 38.3 Å². The molecule has 13 heteroatoms. The number of hydrogen-bond donors (Lipinski definition) is 3. The molecule has 0 aromatic carbocycles. The normalized spacial score (nSPS) is 19.8. The first-order valence-electron chi connectivity index (χ1n) is 10.2. The Labute approximate surface area is 183 Å². The van der Waals surface area contributed by atoms with Crippen molar-refractivity contribution in [1.29, 1.82) is 0 Å². The third-order valence-corrected chi connectivity index (χ3v) is 5.98. The van der Waals surface area contributed by atoms with E-state index in [4.69, 9.17) is 9.44 Å². The van der Waals surface area contributed by atoms with Crippen LogP contribution in [0.25, 0.3) is 17.0 Å². The number of aromatic nitrogens is 4. The molecule has 0 bridgehead atoms. The van der Waals surface area contributed by atoms with E-state index < -0.39 is 23.0 Å². The van der Waals surface area contributed by atoms with Crippen molar-refractivity contribution in [2.24, 2.45) is 0 Å². The maximum atomic E-state index is 14.7. The van der Waals surface area contributed by atoms with Crippen molar-refractivity contribution in [3.63, 3.8) is 0 Å². The highest BCUT2D eigenvalue weighted by Gasteiger charge is 2.32. The number of anilines is 1. The van der Waals surface area contributed by atoms with E-state index in [0.29, 0.717) is 12.2 Å². The van der Waals surface area contributed by atoms with Gasteiger partial charge in [0.2, 0.25) is 5.75 Å². The molecule has 170 valence electrons. The van der Waals surface area contributed by atoms with Gasteiger partial charge >= 0.3 is 11.4 Å². The van der Waals surface area contributed by atoms with Crippen molar-refractivity contribution >= 4 is 22.8 Å². The lowest BCUT2D eigenvalue weighted by molar-refractivity contribution is -0.131. The minimum absolute atomic E-state index is 0.0127. The first-order chi connectivity index (χ1) is 15.5. The number of piperidine rings is 1. The molecule has 3 N–H and O–H groups in total. The number of nitrogens with zero attached hydrogens (tertiary/aromatic N) is 4. The van der Waals surface area contributed by atoms with E-state index in [2.05, 4.69) is 30.0 Å². The Balaban J connectivity index is 1.55. The maximum absolute atomic E-state index is 14.7. The van der Waals surface area contributed by atoms with Crippen molar-refractivity contribution in [1.82, 2.24) is 24.9 Å². The number of halogens is 2. The highest BCUT2D eigenvalue weighted by atomic mass is 32.2. The fraction of sp³-hybridized carbons (Fsp3) is 0.421. The molecule has 10 nitrogen and oxygen atoms in total. The second-order valence-corrected chi connectivity index (χ2v) is 8.61. The Morgan fingerprint density at radius 2 is 2.09 bits per heavy atom. The van der Waals surface area contributed by atoms with Crippen LogP contribution in [-0.2, 0) is 19.9 Å². The average molecular weight is 467 g/mol. The number of thiol groups is 1. The molecule has 1 saturated heterocycles. The number of imidazole rings is 1. The van der Waals surface area contributed by atoms with E-state index in [9.17, 15) is 13.0 Å². The van der Waals surface area contributed by atoms with Crippen LogP contribution < -0.4 is 14.8 Å². The molecule has 2 fully saturated rings. The van der Waals surface area contributed by atoms with E-state index in [1.807, 2.05) is 0 Å². The molecule has 1 saturated carbocycles. The van der Waals surface area contributed by atoms with Gasteiger partial charge in [-0.15, -0.1) is 0 Å². The minimum atomic E-state index is -2.78. The summed E-state index contributed by atoms with van der Waals surface area (Å²) < 4.78 is 50.9. The summed E-state index contributed by atoms with van der Waals surface area (Å²) in [5.74, 6) is -1.44. The molecule has 0 amide bonds. The zero-order valence-corrected chi connectivity index (χ0v) is 17.7. The third-order valence-electron chi connectivity index (χ3n) is 5.50. The fourth-order valence-corrected chi connectivity index (χ4v) is 4.14. The van der Waals surface area contributed by atoms with Gasteiger partial charge in [0, 0.05) is 35.0 Å². The Bertz CT molecular complexity index is 1180. The first kappa shape index (κ1) is 21.1. The van der Waals surface area contributed by atoms with Crippen molar-refractivity contribution in [2.45, 2.75) is 37.6 Å². The van der Waals surface area contributed by atoms with Crippen LogP contribution in [-0.4, -0.2) is 44.0 Å². The molecule has 1 aliphatic carbocycles. The summed E-state index contributed by atoms with van der Waals surface area (Å²) in [5, 5.41) is 19.3. The van der Waals surface area contributed by atoms with Crippen LogP contribution in [0.5, 0.6) is 5.75 Å². The first-order valence-corrected chi connectivity index (χ1v) is 11.3. The SMILES string of the molecule is O=[SH+](OO)Oc1cc2ncc(-c3nc(NC4CCCNC4)c(F)cc3F)n2nc1C1CC1. The summed E-state index contributed by atoms with van der Waals surface area (Å²) in [5.41, 5.74) is 0.889. The van der Waals surface area contributed by atoms with E-state index in [-0.39, 0.29) is 40.6 Å². The van der Waals surface area contributed by atoms with Gasteiger partial charge in [-0.25, -0.2) is 28.5 Å². The van der Waals surface area contributed by atoms with Crippen LogP contribution in [0, 0.1) is 11.6 Å². The smallest absolute Gasteiger partial charge is 0.364 e. The number of rotatable bonds is 7. The predicted octanol–water partition coefficient (Wildman–Crippen LogP) is 2.51. The zero-order chi connectivity index (χ0) is 22.2. The summed E-state index contributed by atoms with van der Waals surface area (Å²) >= 11 is -2.78. The third kappa shape index (κ3) is 4.16. The van der Waals surface area contributed by atoms with Gasteiger partial charge in [0.25, 0.3) is 0 Å². The van der Waals surface area contributed by atoms with E-state index in [1.54, 1.807) is 0 Å². The number of hydrogen-bond acceptors (Lipinski definition) is 9. The molecule has 2 unspecified atom stereocenters. The molecule has 1 aliphatic heterocycles. The molecule has 32 heavy (non-hydrogen) atoms. The molecule has 4 heterocycles. The largest absolute Gasteiger partial charge is 0.416 e. The predicted molar refractivity (Wildman–Crippen MR) is 111 cm³/mol. The fourth-order valence-electron chi connectivity index (χ4n) is 3.80. The molecular weight excluding hydrogens is 446 g/mol. The maximum Gasteiger partial charge on any atom is 0.416 e. The molecular formula is C19H21F2N6O4S+. The second-order valence-electron chi connectivity index (χ2n) is 7.81. The van der Waals surface area contributed by atoms with Crippen molar-refractivity contribution < 1.29 is 26.8 Å². The van der Waals surface area contributed by atoms with Gasteiger partial charge in [-0.2, -0.15) is 5.10 Å². The Morgan fingerprint density at radius 3 is 2.81 bits per heavy atom. The van der Waals surface area contributed by atoms with Crippen LogP contribution in [0.15, 0.2) is 18.3 Å². The van der Waals surface area contributed by atoms with Crippen molar-refractivity contribution in [3.8, 4) is 17.1 Å². The monoisotopic (exact) mass is 467 g/mol. The number of nitrogens with one attached hydrogen (secondary N) is 2. The highest BCUT2D eigenvalue weighted by molar-refractivity contribution is 7.75. The molecule has 2 aliphatic rings. The number of fused-ring (bicyclic) bond motifs is 1. The van der Waals surface area contributed by atoms with Gasteiger partial charge in [0.1, 0.15) is 17.1 Å². The lowest BCUT2D eigenvalue weighted by Gasteiger charge is -2.24. The topological polar surface area (TPSA) is 123 Å². The van der Waals surface area contributed by atoms with Gasteiger partial charge in [-0.1, -0.05) is 0 Å². The van der Waals surface area contributed by atoms with Gasteiger partial charge in [-0.05, 0) is 36.4 Å². The molecule has 5 rings (SSSR count). The molecule has 0 radical (unpaired) electrons. The summed E-state index contributed by atoms with van der Waals surface area (Å²) in [6.45, 7) is 1.57. The number of pyridine rings is 1. The van der Waals surface area contributed by atoms with E-state index in [1.165, 1.54) is 16.8 Å². The van der Waals surface area contributed by atoms with Crippen LogP contribution in [0.1, 0.15) is 37.3 Å². The van der Waals surface area contributed by atoms with Crippen LogP contribution >= 0.6 is 0 Å². The minimum Gasteiger partial charge on any atom is -0.364 e. The Hall–Kier alpha value is -2.74. The molecule has 3 aromatic heterocycles. The molecule has 3 aromatic rings. The van der Waals surface area contributed by atoms with Crippen LogP contribution in [0.4, 0.5) is 14.6 Å². The average Bonchev–Trinajstić information content (AvgIpc) is 3.56. The Morgan fingerprint density at radius 1 is 1.25 bits per heavy atom. The summed E-state index contributed by atoms with van der Waals surface area (Å²) in [4.78, 5) is 8.42. The van der Waals surface area contributed by atoms with Gasteiger partial charge in [0.15, 0.2) is 23.1 Å². The standard InChI is InChI=1S/C19H20F2N6O4S/c20-12-6-13(21)19(24-11-2-1-5-22-8-11)25-18(12)14-9-23-16-7-15(30-32(29)31-28)17(10-3-4-10)26-27(14)16/h6-7,9-11,22,28H,1-5,8H2,(H,24,25)/p+1. The van der Waals surface area contributed by atoms with Crippen molar-refractivity contribution in [3.05, 3.63) is 35.7 Å². The lowest BCUT2D eigenvalue weighted by Crippen LogP contribution is -2.38. The van der Waals surface area contributed by atoms with Crippen LogP contribution in [0.2, 0.25) is 0 Å². The lowest BCUT2D eigenvalue weighted by atomic mass is 10.1. The quantitative estimate of drug-likeness (QED) is 0.208. The summed E-state index contributed by atoms with van der Waals surface area (Å²) in [6.07, 6.45) is 4.88. The second kappa shape index (κ2) is 8.65. The van der Waals surface area contributed by atoms with Crippen LogP contribution in [0.3, 0.4) is 0 Å². The van der Waals surface area contributed by atoms with Gasteiger partial charge in [0.05, 0.1) is 6.20 Å². The van der Waals surface area contributed by atoms with E-state index >= 15 is 0 Å². The highest BCUT2D eigenvalue weighted by Crippen LogP contribution is 2.43. The van der Waals surface area contributed by atoms with Gasteiger partial charge in [-0.3, -0.25) is 4.18 Å². The summed E-state index contributed by atoms with van der Waals surface area (Å²) in [6, 6.07) is 2.26. The van der Waals surface area contributed by atoms with Crippen molar-refractivity contribution in [2.75, 3.05) is 18.4 Å².